The molecule has 1 aromatic rings. The zero-order chi connectivity index (χ0) is 15.9. The molecule has 1 aliphatic carbocycles. The van der Waals surface area contributed by atoms with E-state index in [2.05, 4.69) is 12.1 Å². The van der Waals surface area contributed by atoms with Gasteiger partial charge in [-0.05, 0) is 29.9 Å². The molecule has 3 rings (SSSR count). The normalized spacial score (nSPS) is 26.3. The van der Waals surface area contributed by atoms with E-state index in [4.69, 9.17) is 5.11 Å². The number of rotatable bonds is 3. The number of carboxylic acid groups (broad SMARTS) is 1. The van der Waals surface area contributed by atoms with Gasteiger partial charge in [-0.15, -0.1) is 0 Å². The molecule has 0 spiro atoms. The maximum absolute atomic E-state index is 13.0. The van der Waals surface area contributed by atoms with Crippen molar-refractivity contribution in [2.75, 3.05) is 19.6 Å². The Bertz CT molecular complexity index is 548. The molecule has 0 saturated carbocycles. The maximum Gasteiger partial charge on any atom is 0.393 e. The number of likely N-dealkylation sites (tertiary alicyclic amines) is 1. The molecule has 1 aromatic carbocycles. The lowest BCUT2D eigenvalue weighted by molar-refractivity contribution is -0.188. The fourth-order valence-electron chi connectivity index (χ4n) is 3.76. The minimum atomic E-state index is -4.45. The monoisotopic (exact) mass is 313 g/mol. The van der Waals surface area contributed by atoms with Crippen molar-refractivity contribution in [3.05, 3.63) is 35.4 Å². The number of aliphatic carboxylic acids is 1. The molecular formula is C16H18F3NO2. The van der Waals surface area contributed by atoms with Crippen LogP contribution in [0.25, 0.3) is 0 Å². The number of hydrogen-bond donors (Lipinski definition) is 1. The van der Waals surface area contributed by atoms with Crippen molar-refractivity contribution in [1.82, 2.24) is 4.90 Å². The summed E-state index contributed by atoms with van der Waals surface area (Å²) in [6.07, 6.45) is -2.72. The van der Waals surface area contributed by atoms with Crippen molar-refractivity contribution in [2.45, 2.75) is 19.0 Å². The van der Waals surface area contributed by atoms with E-state index in [0.717, 1.165) is 12.8 Å². The average molecular weight is 313 g/mol. The molecule has 22 heavy (non-hydrogen) atoms. The van der Waals surface area contributed by atoms with E-state index in [1.165, 1.54) is 11.1 Å². The minimum absolute atomic E-state index is 0.00758. The average Bonchev–Trinajstić information content (AvgIpc) is 3.01. The molecule has 0 aromatic heterocycles. The highest BCUT2D eigenvalue weighted by molar-refractivity contribution is 5.71. The highest BCUT2D eigenvalue weighted by Gasteiger charge is 2.52. The van der Waals surface area contributed by atoms with Gasteiger partial charge in [0.05, 0.1) is 11.8 Å². The van der Waals surface area contributed by atoms with Gasteiger partial charge < -0.3 is 10.0 Å². The van der Waals surface area contributed by atoms with Crippen molar-refractivity contribution in [3.63, 3.8) is 0 Å². The zero-order valence-corrected chi connectivity index (χ0v) is 12.0. The molecule has 0 bridgehead atoms. The SMILES string of the molecule is O=C(O)[C@@H]1CN(CC2Cc3ccccc3C2)C[C@H]1C(F)(F)F. The third kappa shape index (κ3) is 2.97. The molecule has 0 amide bonds. The summed E-state index contributed by atoms with van der Waals surface area (Å²) in [5, 5.41) is 9.04. The van der Waals surface area contributed by atoms with Crippen LogP contribution in [0.4, 0.5) is 13.2 Å². The summed E-state index contributed by atoms with van der Waals surface area (Å²) in [5.74, 6) is -4.17. The topological polar surface area (TPSA) is 40.5 Å². The third-order valence-electron chi connectivity index (χ3n) is 4.79. The summed E-state index contributed by atoms with van der Waals surface area (Å²) in [6.45, 7) is 0.324. The fraction of sp³-hybridized carbons (Fsp3) is 0.562. The first-order chi connectivity index (χ1) is 10.3. The molecule has 0 radical (unpaired) electrons. The standard InChI is InChI=1S/C16H18F3NO2/c17-16(18,19)14-9-20(8-13(14)15(21)22)7-10-5-11-3-1-2-4-12(11)6-10/h1-4,10,13-14H,5-9H2,(H,21,22)/t13-,14-/m1/s1. The second-order valence-corrected chi connectivity index (χ2v) is 6.35. The Morgan fingerprint density at radius 1 is 1.18 bits per heavy atom. The minimum Gasteiger partial charge on any atom is -0.481 e. The Kier molecular flexibility index (Phi) is 3.89. The lowest BCUT2D eigenvalue weighted by Crippen LogP contribution is -2.33. The summed E-state index contributed by atoms with van der Waals surface area (Å²) in [4.78, 5) is 12.8. The smallest absolute Gasteiger partial charge is 0.393 e. The molecule has 1 N–H and O–H groups in total. The second-order valence-electron chi connectivity index (χ2n) is 6.35. The molecule has 1 heterocycles. The molecule has 6 heteroatoms. The lowest BCUT2D eigenvalue weighted by Gasteiger charge is -2.20. The van der Waals surface area contributed by atoms with Crippen LogP contribution in [0.3, 0.4) is 0 Å². The predicted octanol–water partition coefficient (Wildman–Crippen LogP) is 2.60. The fourth-order valence-corrected chi connectivity index (χ4v) is 3.76. The zero-order valence-electron chi connectivity index (χ0n) is 12.0. The van der Waals surface area contributed by atoms with E-state index in [9.17, 15) is 18.0 Å². The summed E-state index contributed by atoms with van der Waals surface area (Å²) >= 11 is 0. The second kappa shape index (κ2) is 5.57. The summed E-state index contributed by atoms with van der Waals surface area (Å²) in [6, 6.07) is 8.05. The number of fused-ring (bicyclic) bond motifs is 1. The molecular weight excluding hydrogens is 295 g/mol. The largest absolute Gasteiger partial charge is 0.481 e. The summed E-state index contributed by atoms with van der Waals surface area (Å²) in [5.41, 5.74) is 2.52. The molecule has 1 fully saturated rings. The molecule has 120 valence electrons. The Labute approximate surface area is 126 Å². The molecule has 2 atom stereocenters. The molecule has 2 aliphatic rings. The van der Waals surface area contributed by atoms with Crippen LogP contribution in [0, 0.1) is 17.8 Å². The predicted molar refractivity (Wildman–Crippen MR) is 74.5 cm³/mol. The summed E-state index contributed by atoms with van der Waals surface area (Å²) in [7, 11) is 0. The van der Waals surface area contributed by atoms with Crippen molar-refractivity contribution < 1.29 is 23.1 Å². The van der Waals surface area contributed by atoms with Crippen LogP contribution in [0.2, 0.25) is 0 Å². The van der Waals surface area contributed by atoms with Gasteiger partial charge in [0.15, 0.2) is 0 Å². The van der Waals surface area contributed by atoms with Gasteiger partial charge in [0.25, 0.3) is 0 Å². The van der Waals surface area contributed by atoms with Crippen LogP contribution in [-0.4, -0.2) is 41.8 Å². The maximum atomic E-state index is 13.0. The van der Waals surface area contributed by atoms with E-state index in [-0.39, 0.29) is 19.0 Å². The van der Waals surface area contributed by atoms with Gasteiger partial charge in [0.1, 0.15) is 0 Å². The number of alkyl halides is 3. The van der Waals surface area contributed by atoms with Gasteiger partial charge in [0.2, 0.25) is 0 Å². The Balaban J connectivity index is 1.64. The number of benzene rings is 1. The number of hydrogen-bond acceptors (Lipinski definition) is 2. The first kappa shape index (κ1) is 15.3. The quantitative estimate of drug-likeness (QED) is 0.932. The Morgan fingerprint density at radius 2 is 1.77 bits per heavy atom. The van der Waals surface area contributed by atoms with Crippen LogP contribution in [0.15, 0.2) is 24.3 Å². The molecule has 0 unspecified atom stereocenters. The van der Waals surface area contributed by atoms with Crippen LogP contribution in [-0.2, 0) is 17.6 Å². The van der Waals surface area contributed by atoms with Gasteiger partial charge >= 0.3 is 12.1 Å². The van der Waals surface area contributed by atoms with Crippen LogP contribution >= 0.6 is 0 Å². The van der Waals surface area contributed by atoms with Crippen molar-refractivity contribution in [1.29, 1.82) is 0 Å². The highest BCUT2D eigenvalue weighted by Crippen LogP contribution is 2.38. The van der Waals surface area contributed by atoms with E-state index >= 15 is 0 Å². The van der Waals surface area contributed by atoms with Gasteiger partial charge in [-0.25, -0.2) is 0 Å². The van der Waals surface area contributed by atoms with Crippen LogP contribution < -0.4 is 0 Å². The van der Waals surface area contributed by atoms with Crippen molar-refractivity contribution in [3.8, 4) is 0 Å². The van der Waals surface area contributed by atoms with Crippen LogP contribution in [0.5, 0.6) is 0 Å². The Hall–Kier alpha value is -1.56. The number of nitrogens with zero attached hydrogens (tertiary/aromatic N) is 1. The van der Waals surface area contributed by atoms with Crippen molar-refractivity contribution in [2.24, 2.45) is 17.8 Å². The molecule has 3 nitrogen and oxygen atoms in total. The molecule has 1 aliphatic heterocycles. The first-order valence-corrected chi connectivity index (χ1v) is 7.43. The third-order valence-corrected chi connectivity index (χ3v) is 4.79. The highest BCUT2D eigenvalue weighted by atomic mass is 19.4. The van der Waals surface area contributed by atoms with Crippen LogP contribution in [0.1, 0.15) is 11.1 Å². The summed E-state index contributed by atoms with van der Waals surface area (Å²) < 4.78 is 38.9. The van der Waals surface area contributed by atoms with E-state index in [0.29, 0.717) is 6.54 Å². The van der Waals surface area contributed by atoms with Gasteiger partial charge in [0, 0.05) is 19.6 Å². The van der Waals surface area contributed by atoms with Crippen molar-refractivity contribution >= 4 is 5.97 Å². The van der Waals surface area contributed by atoms with E-state index in [1.54, 1.807) is 4.90 Å². The van der Waals surface area contributed by atoms with E-state index < -0.39 is 24.0 Å². The lowest BCUT2D eigenvalue weighted by atomic mass is 9.96. The first-order valence-electron chi connectivity index (χ1n) is 7.43. The van der Waals surface area contributed by atoms with Gasteiger partial charge in [-0.3, -0.25) is 4.79 Å². The van der Waals surface area contributed by atoms with Gasteiger partial charge in [-0.1, -0.05) is 24.3 Å². The van der Waals surface area contributed by atoms with E-state index in [1.807, 2.05) is 12.1 Å². The number of halogens is 3. The number of carbonyl (C=O) groups is 1. The van der Waals surface area contributed by atoms with Gasteiger partial charge in [-0.2, -0.15) is 13.2 Å². The molecule has 1 saturated heterocycles. The number of carboxylic acids is 1. The Morgan fingerprint density at radius 3 is 2.23 bits per heavy atom.